The minimum absolute atomic E-state index is 0.144. The van der Waals surface area contributed by atoms with Gasteiger partial charge in [-0.1, -0.05) is 42.1 Å². The minimum atomic E-state index is -3.57. The fraction of sp³-hybridized carbons (Fsp3) is 0.263. The lowest BCUT2D eigenvalue weighted by molar-refractivity contribution is -0.118. The molecule has 0 aliphatic heterocycles. The van der Waals surface area contributed by atoms with Crippen LogP contribution in [0.2, 0.25) is 0 Å². The van der Waals surface area contributed by atoms with Crippen molar-refractivity contribution in [2.45, 2.75) is 16.6 Å². The highest BCUT2D eigenvalue weighted by atomic mass is 32.2. The Morgan fingerprint density at radius 1 is 1.14 bits per heavy atom. The normalized spacial score (nSPS) is 11.9. The molecule has 0 radical (unpaired) electrons. The van der Waals surface area contributed by atoms with Gasteiger partial charge in [0.15, 0.2) is 5.16 Å². The molecule has 0 unspecified atom stereocenters. The maximum atomic E-state index is 12.4. The van der Waals surface area contributed by atoms with E-state index in [9.17, 15) is 13.2 Å². The SMILES string of the molecule is CN(C)S(=O)(=O)c1ccccc1CNC(=O)CSc1nc2ccccc2n1C. The zero-order valence-corrected chi connectivity index (χ0v) is 17.5. The molecule has 0 saturated heterocycles. The van der Waals surface area contributed by atoms with Gasteiger partial charge in [-0.2, -0.15) is 0 Å². The molecule has 0 fully saturated rings. The van der Waals surface area contributed by atoms with Crippen LogP contribution in [0.25, 0.3) is 11.0 Å². The smallest absolute Gasteiger partial charge is 0.242 e. The number of nitrogens with zero attached hydrogens (tertiary/aromatic N) is 3. The van der Waals surface area contributed by atoms with Crippen molar-refractivity contribution in [2.24, 2.45) is 7.05 Å². The number of aryl methyl sites for hydroxylation is 1. The van der Waals surface area contributed by atoms with Crippen LogP contribution in [-0.2, 0) is 28.4 Å². The number of sulfonamides is 1. The monoisotopic (exact) mass is 418 g/mol. The molecule has 3 rings (SSSR count). The van der Waals surface area contributed by atoms with Gasteiger partial charge < -0.3 is 9.88 Å². The quantitative estimate of drug-likeness (QED) is 0.595. The Morgan fingerprint density at radius 2 is 1.82 bits per heavy atom. The fourth-order valence-electron chi connectivity index (χ4n) is 2.73. The largest absolute Gasteiger partial charge is 0.351 e. The first-order valence-electron chi connectivity index (χ1n) is 8.62. The average Bonchev–Trinajstić information content (AvgIpc) is 3.01. The molecule has 0 saturated carbocycles. The highest BCUT2D eigenvalue weighted by Gasteiger charge is 2.20. The number of nitrogens with one attached hydrogen (secondary N) is 1. The molecule has 0 aliphatic rings. The van der Waals surface area contributed by atoms with Crippen LogP contribution in [0, 0.1) is 0 Å². The molecule has 0 atom stereocenters. The Morgan fingerprint density at radius 3 is 2.54 bits per heavy atom. The van der Waals surface area contributed by atoms with Crippen LogP contribution in [0.5, 0.6) is 0 Å². The highest BCUT2D eigenvalue weighted by molar-refractivity contribution is 7.99. The van der Waals surface area contributed by atoms with Gasteiger partial charge in [0, 0.05) is 27.7 Å². The van der Waals surface area contributed by atoms with Crippen molar-refractivity contribution in [1.82, 2.24) is 19.2 Å². The summed E-state index contributed by atoms with van der Waals surface area (Å²) in [7, 11) is 1.32. The summed E-state index contributed by atoms with van der Waals surface area (Å²) in [4.78, 5) is 17.0. The predicted octanol–water partition coefficient (Wildman–Crippen LogP) is 2.23. The molecule has 1 amide bonds. The van der Waals surface area contributed by atoms with Crippen molar-refractivity contribution < 1.29 is 13.2 Å². The Hall–Kier alpha value is -2.36. The van der Waals surface area contributed by atoms with Crippen LogP contribution in [0.4, 0.5) is 0 Å². The molecule has 9 heteroatoms. The van der Waals surface area contributed by atoms with E-state index in [4.69, 9.17) is 0 Å². The van der Waals surface area contributed by atoms with E-state index in [1.165, 1.54) is 25.9 Å². The van der Waals surface area contributed by atoms with Gasteiger partial charge in [0.05, 0.1) is 21.7 Å². The summed E-state index contributed by atoms with van der Waals surface area (Å²) in [5, 5.41) is 3.55. The van der Waals surface area contributed by atoms with Gasteiger partial charge in [0.2, 0.25) is 15.9 Å². The number of thioether (sulfide) groups is 1. The van der Waals surface area contributed by atoms with Crippen molar-refractivity contribution in [3.8, 4) is 0 Å². The average molecular weight is 419 g/mol. The van der Waals surface area contributed by atoms with Crippen LogP contribution in [0.1, 0.15) is 5.56 Å². The molecule has 0 aliphatic carbocycles. The van der Waals surface area contributed by atoms with Crippen molar-refractivity contribution in [3.63, 3.8) is 0 Å². The Balaban J connectivity index is 1.64. The topological polar surface area (TPSA) is 84.3 Å². The van der Waals surface area contributed by atoms with E-state index < -0.39 is 10.0 Å². The summed E-state index contributed by atoms with van der Waals surface area (Å²) in [5.41, 5.74) is 2.45. The van der Waals surface area contributed by atoms with Crippen LogP contribution < -0.4 is 5.32 Å². The third-order valence-corrected chi connectivity index (χ3v) is 7.23. The van der Waals surface area contributed by atoms with E-state index in [0.717, 1.165) is 20.5 Å². The molecule has 0 bridgehead atoms. The summed E-state index contributed by atoms with van der Waals surface area (Å²) in [6.45, 7) is 0.144. The number of fused-ring (bicyclic) bond motifs is 1. The van der Waals surface area contributed by atoms with E-state index in [2.05, 4.69) is 10.3 Å². The molecule has 1 aromatic heterocycles. The van der Waals surface area contributed by atoms with Gasteiger partial charge in [-0.25, -0.2) is 17.7 Å². The van der Waals surface area contributed by atoms with Crippen LogP contribution in [0.3, 0.4) is 0 Å². The second-order valence-electron chi connectivity index (χ2n) is 6.40. The summed E-state index contributed by atoms with van der Waals surface area (Å²) in [5.74, 6) is 0.00820. The molecule has 148 valence electrons. The predicted molar refractivity (Wildman–Crippen MR) is 111 cm³/mol. The van der Waals surface area contributed by atoms with Gasteiger partial charge in [0.1, 0.15) is 0 Å². The molecular formula is C19H22N4O3S2. The second kappa shape index (κ2) is 8.34. The third-order valence-electron chi connectivity index (χ3n) is 4.29. The number of hydrogen-bond donors (Lipinski definition) is 1. The zero-order chi connectivity index (χ0) is 20.3. The second-order valence-corrected chi connectivity index (χ2v) is 9.47. The molecule has 3 aromatic rings. The van der Waals surface area contributed by atoms with E-state index in [-0.39, 0.29) is 23.1 Å². The fourth-order valence-corrected chi connectivity index (χ4v) is 4.66. The molecular weight excluding hydrogens is 396 g/mol. The Labute approximate surface area is 168 Å². The molecule has 7 nitrogen and oxygen atoms in total. The van der Waals surface area contributed by atoms with Gasteiger partial charge in [-0.15, -0.1) is 0 Å². The lowest BCUT2D eigenvalue weighted by Gasteiger charge is -2.15. The maximum Gasteiger partial charge on any atom is 0.242 e. The standard InChI is InChI=1S/C19H22N4O3S2/c1-22(2)28(25,26)17-11-7-4-8-14(17)12-20-18(24)13-27-19-21-15-9-5-6-10-16(15)23(19)3/h4-11H,12-13H2,1-3H3,(H,20,24). The van der Waals surface area contributed by atoms with E-state index in [0.29, 0.717) is 5.56 Å². The maximum absolute atomic E-state index is 12.4. The first kappa shape index (κ1) is 20.4. The lowest BCUT2D eigenvalue weighted by Crippen LogP contribution is -2.28. The summed E-state index contributed by atoms with van der Waals surface area (Å²) >= 11 is 1.34. The van der Waals surface area contributed by atoms with E-state index in [1.54, 1.807) is 24.3 Å². The number of benzene rings is 2. The third kappa shape index (κ3) is 4.21. The van der Waals surface area contributed by atoms with Crippen LogP contribution in [0.15, 0.2) is 58.6 Å². The van der Waals surface area contributed by atoms with Gasteiger partial charge in [-0.05, 0) is 23.8 Å². The van der Waals surface area contributed by atoms with E-state index >= 15 is 0 Å². The molecule has 1 heterocycles. The number of rotatable bonds is 7. The molecule has 28 heavy (non-hydrogen) atoms. The van der Waals surface area contributed by atoms with E-state index in [1.807, 2.05) is 35.9 Å². The zero-order valence-electron chi connectivity index (χ0n) is 15.9. The lowest BCUT2D eigenvalue weighted by atomic mass is 10.2. The number of para-hydroxylation sites is 2. The Kier molecular flexibility index (Phi) is 6.07. The van der Waals surface area contributed by atoms with Crippen molar-refractivity contribution in [2.75, 3.05) is 19.8 Å². The highest BCUT2D eigenvalue weighted by Crippen LogP contribution is 2.22. The van der Waals surface area contributed by atoms with Gasteiger partial charge >= 0.3 is 0 Å². The number of amides is 1. The molecule has 1 N–H and O–H groups in total. The number of imidazole rings is 1. The van der Waals surface area contributed by atoms with Crippen molar-refractivity contribution in [1.29, 1.82) is 0 Å². The Bertz CT molecular complexity index is 1110. The van der Waals surface area contributed by atoms with Crippen molar-refractivity contribution >= 4 is 38.7 Å². The summed E-state index contributed by atoms with van der Waals surface area (Å²) in [6.07, 6.45) is 0. The summed E-state index contributed by atoms with van der Waals surface area (Å²) < 4.78 is 28.0. The number of carbonyl (C=O) groups is 1. The number of aromatic nitrogens is 2. The van der Waals surface area contributed by atoms with Gasteiger partial charge in [0.25, 0.3) is 0 Å². The van der Waals surface area contributed by atoms with Gasteiger partial charge in [-0.3, -0.25) is 4.79 Å². The van der Waals surface area contributed by atoms with Crippen molar-refractivity contribution in [3.05, 3.63) is 54.1 Å². The number of carbonyl (C=O) groups excluding carboxylic acids is 1. The van der Waals surface area contributed by atoms with Crippen LogP contribution in [-0.4, -0.2) is 48.0 Å². The molecule has 0 spiro atoms. The first-order valence-corrected chi connectivity index (χ1v) is 11.0. The first-order chi connectivity index (χ1) is 13.3. The number of hydrogen-bond acceptors (Lipinski definition) is 5. The minimum Gasteiger partial charge on any atom is -0.351 e. The molecule has 2 aromatic carbocycles. The summed E-state index contributed by atoms with van der Waals surface area (Å²) in [6, 6.07) is 14.5. The van der Waals surface area contributed by atoms with Crippen LogP contribution >= 0.6 is 11.8 Å².